The van der Waals surface area contributed by atoms with E-state index in [1.165, 1.54) is 22.2 Å². The van der Waals surface area contributed by atoms with E-state index in [1.807, 2.05) is 13.0 Å². The van der Waals surface area contributed by atoms with Crippen molar-refractivity contribution in [2.75, 3.05) is 26.7 Å². The molecule has 2 N–H and O–H groups in total. The molecule has 1 unspecified atom stereocenters. The van der Waals surface area contributed by atoms with Gasteiger partial charge in [-0.25, -0.2) is 0 Å². The van der Waals surface area contributed by atoms with Crippen LogP contribution in [0.3, 0.4) is 0 Å². The number of hydrogen-bond acceptors (Lipinski definition) is 3. The van der Waals surface area contributed by atoms with Crippen LogP contribution in [0, 0.1) is 5.92 Å². The highest BCUT2D eigenvalue weighted by Gasteiger charge is 2.42. The fourth-order valence-corrected chi connectivity index (χ4v) is 4.56. The number of piperidine rings is 1. The normalized spacial score (nSPS) is 20.2. The first-order valence-electron chi connectivity index (χ1n) is 9.81. The van der Waals surface area contributed by atoms with Gasteiger partial charge in [0.1, 0.15) is 5.75 Å². The summed E-state index contributed by atoms with van der Waals surface area (Å²) in [5.74, 6) is 1.33. The Labute approximate surface area is 155 Å². The van der Waals surface area contributed by atoms with Crippen molar-refractivity contribution in [1.82, 2.24) is 15.2 Å². The summed E-state index contributed by atoms with van der Waals surface area (Å²) in [6, 6.07) is 6.27. The monoisotopic (exact) mass is 355 g/mol. The maximum atomic E-state index is 12.5. The maximum absolute atomic E-state index is 12.5. The zero-order valence-corrected chi connectivity index (χ0v) is 16.0. The van der Waals surface area contributed by atoms with Crippen LogP contribution in [0.1, 0.15) is 44.4 Å². The lowest BCUT2D eigenvalue weighted by molar-refractivity contribution is -0.137. The van der Waals surface area contributed by atoms with E-state index >= 15 is 0 Å². The molecule has 0 saturated carbocycles. The Balaban J connectivity index is 1.63. The van der Waals surface area contributed by atoms with E-state index in [9.17, 15) is 4.79 Å². The molecule has 1 aromatic carbocycles. The van der Waals surface area contributed by atoms with Crippen LogP contribution >= 0.6 is 0 Å². The third kappa shape index (κ3) is 2.69. The number of hydrogen-bond donors (Lipinski definition) is 2. The van der Waals surface area contributed by atoms with Gasteiger partial charge in [0.15, 0.2) is 0 Å². The molecular formula is C21H29N3O2. The first kappa shape index (κ1) is 17.4. The second-order valence-corrected chi connectivity index (χ2v) is 7.78. The molecule has 3 heterocycles. The molecule has 1 amide bonds. The van der Waals surface area contributed by atoms with E-state index in [0.29, 0.717) is 5.91 Å². The molecule has 0 aliphatic carbocycles. The third-order valence-corrected chi connectivity index (χ3v) is 6.39. The number of nitrogens with zero attached hydrogens (tertiary/aromatic N) is 1. The predicted molar refractivity (Wildman–Crippen MR) is 104 cm³/mol. The lowest BCUT2D eigenvalue weighted by atomic mass is 9.79. The van der Waals surface area contributed by atoms with E-state index in [-0.39, 0.29) is 11.5 Å². The van der Waals surface area contributed by atoms with E-state index in [1.54, 1.807) is 7.11 Å². The number of aromatic amines is 1. The fourth-order valence-electron chi connectivity index (χ4n) is 4.56. The number of aromatic nitrogens is 1. The van der Waals surface area contributed by atoms with Crippen molar-refractivity contribution in [3.8, 4) is 5.75 Å². The van der Waals surface area contributed by atoms with E-state index in [2.05, 4.69) is 34.3 Å². The van der Waals surface area contributed by atoms with Crippen molar-refractivity contribution >= 4 is 16.8 Å². The molecule has 1 saturated heterocycles. The second-order valence-electron chi connectivity index (χ2n) is 7.78. The Hall–Kier alpha value is -2.01. The van der Waals surface area contributed by atoms with Crippen LogP contribution in [-0.4, -0.2) is 42.5 Å². The summed E-state index contributed by atoms with van der Waals surface area (Å²) < 4.78 is 5.42. The van der Waals surface area contributed by atoms with Gasteiger partial charge in [-0.1, -0.05) is 13.8 Å². The number of nitrogens with one attached hydrogen (secondary N) is 2. The van der Waals surface area contributed by atoms with Gasteiger partial charge in [0.2, 0.25) is 5.91 Å². The van der Waals surface area contributed by atoms with Crippen LogP contribution in [0.15, 0.2) is 18.2 Å². The van der Waals surface area contributed by atoms with E-state index < -0.39 is 0 Å². The van der Waals surface area contributed by atoms with Gasteiger partial charge >= 0.3 is 0 Å². The van der Waals surface area contributed by atoms with Crippen molar-refractivity contribution < 1.29 is 9.53 Å². The van der Waals surface area contributed by atoms with Crippen molar-refractivity contribution in [1.29, 1.82) is 0 Å². The number of methoxy groups -OCH3 is 1. The molecule has 0 radical (unpaired) electrons. The quantitative estimate of drug-likeness (QED) is 0.889. The van der Waals surface area contributed by atoms with Crippen molar-refractivity contribution in [2.24, 2.45) is 5.92 Å². The lowest BCUT2D eigenvalue weighted by Crippen LogP contribution is -2.55. The van der Waals surface area contributed by atoms with E-state index in [0.717, 1.165) is 51.1 Å². The second kappa shape index (κ2) is 6.62. The first-order chi connectivity index (χ1) is 12.6. The van der Waals surface area contributed by atoms with Crippen LogP contribution < -0.4 is 10.1 Å². The summed E-state index contributed by atoms with van der Waals surface area (Å²) in [5.41, 5.74) is 3.88. The highest BCUT2D eigenvalue weighted by atomic mass is 16.5. The average molecular weight is 355 g/mol. The van der Waals surface area contributed by atoms with Gasteiger partial charge in [-0.05, 0) is 49.4 Å². The van der Waals surface area contributed by atoms with Gasteiger partial charge in [-0.2, -0.15) is 0 Å². The summed E-state index contributed by atoms with van der Waals surface area (Å²) in [6.45, 7) is 6.76. The van der Waals surface area contributed by atoms with Crippen molar-refractivity contribution in [3.05, 3.63) is 29.5 Å². The molecule has 5 heteroatoms. The average Bonchev–Trinajstić information content (AvgIpc) is 3.07. The van der Waals surface area contributed by atoms with Crippen molar-refractivity contribution in [3.63, 3.8) is 0 Å². The molecule has 140 valence electrons. The first-order valence-corrected chi connectivity index (χ1v) is 9.81. The lowest BCUT2D eigenvalue weighted by Gasteiger charge is -2.45. The minimum atomic E-state index is -0.0356. The Morgan fingerprint density at radius 1 is 1.35 bits per heavy atom. The smallest absolute Gasteiger partial charge is 0.225 e. The number of amides is 1. The maximum Gasteiger partial charge on any atom is 0.225 e. The number of likely N-dealkylation sites (tertiary alicyclic amines) is 1. The van der Waals surface area contributed by atoms with Gasteiger partial charge in [-0.3, -0.25) is 4.79 Å². The van der Waals surface area contributed by atoms with Crippen molar-refractivity contribution in [2.45, 2.75) is 45.1 Å². The predicted octanol–water partition coefficient (Wildman–Crippen LogP) is 3.19. The minimum absolute atomic E-state index is 0.0356. The Morgan fingerprint density at radius 2 is 2.12 bits per heavy atom. The third-order valence-electron chi connectivity index (χ3n) is 6.39. The molecular weight excluding hydrogens is 326 g/mol. The number of ether oxygens (including phenoxy) is 1. The molecule has 2 aliphatic rings. The summed E-state index contributed by atoms with van der Waals surface area (Å²) in [7, 11) is 1.72. The Kier molecular flexibility index (Phi) is 4.43. The number of rotatable bonds is 3. The number of H-pyrrole nitrogens is 1. The fraction of sp³-hybridized carbons (Fsp3) is 0.571. The Morgan fingerprint density at radius 3 is 2.81 bits per heavy atom. The zero-order valence-electron chi connectivity index (χ0n) is 16.0. The van der Waals surface area contributed by atoms with Gasteiger partial charge in [0.05, 0.1) is 12.6 Å². The highest BCUT2D eigenvalue weighted by Crippen LogP contribution is 2.41. The number of fused-ring (bicyclic) bond motifs is 4. The molecule has 1 aromatic heterocycles. The minimum Gasteiger partial charge on any atom is -0.497 e. The van der Waals surface area contributed by atoms with Gasteiger partial charge < -0.3 is 19.9 Å². The highest BCUT2D eigenvalue weighted by molar-refractivity contribution is 5.87. The summed E-state index contributed by atoms with van der Waals surface area (Å²) in [4.78, 5) is 18.3. The van der Waals surface area contributed by atoms with Gasteiger partial charge in [0, 0.05) is 42.1 Å². The number of benzene rings is 1. The molecule has 5 nitrogen and oxygen atoms in total. The van der Waals surface area contributed by atoms with Crippen LogP contribution in [0.2, 0.25) is 0 Å². The molecule has 1 atom stereocenters. The zero-order chi connectivity index (χ0) is 18.3. The molecule has 26 heavy (non-hydrogen) atoms. The van der Waals surface area contributed by atoms with Crippen LogP contribution in [0.4, 0.5) is 0 Å². The molecule has 0 bridgehead atoms. The summed E-state index contributed by atoms with van der Waals surface area (Å²) in [6.07, 6.45) is 3.87. The van der Waals surface area contributed by atoms with Gasteiger partial charge in [0.25, 0.3) is 0 Å². The standard InChI is InChI=1S/C21H29N3O2/c1-4-14(2)20(25)24-11-8-21(9-12-24)19-16(7-10-22-21)17-13-15(26-3)5-6-18(17)23-19/h5-6,13-14,22-23H,4,7-12H2,1-3H3. The molecule has 2 aliphatic heterocycles. The number of carbonyl (C=O) groups is 1. The molecule has 1 fully saturated rings. The molecule has 4 rings (SSSR count). The summed E-state index contributed by atoms with van der Waals surface area (Å²) in [5, 5.41) is 5.06. The largest absolute Gasteiger partial charge is 0.497 e. The van der Waals surface area contributed by atoms with Crippen LogP contribution in [-0.2, 0) is 16.8 Å². The van der Waals surface area contributed by atoms with Crippen LogP contribution in [0.5, 0.6) is 5.75 Å². The van der Waals surface area contributed by atoms with Gasteiger partial charge in [-0.15, -0.1) is 0 Å². The summed E-state index contributed by atoms with van der Waals surface area (Å²) >= 11 is 0. The Bertz CT molecular complexity index is 818. The topological polar surface area (TPSA) is 57.4 Å². The molecule has 2 aromatic rings. The van der Waals surface area contributed by atoms with E-state index in [4.69, 9.17) is 4.74 Å². The SMILES string of the molecule is CCC(C)C(=O)N1CCC2(CC1)NCCc1c2[nH]c2ccc(OC)cc12. The number of carbonyl (C=O) groups excluding carboxylic acids is 1. The van der Waals surface area contributed by atoms with Crippen LogP contribution in [0.25, 0.3) is 10.9 Å². The molecule has 1 spiro atoms.